The van der Waals surface area contributed by atoms with Gasteiger partial charge < -0.3 is 9.47 Å². The van der Waals surface area contributed by atoms with Crippen LogP contribution in [0.3, 0.4) is 0 Å². The molecule has 26 heavy (non-hydrogen) atoms. The average Bonchev–Trinajstić information content (AvgIpc) is 3.18. The minimum atomic E-state index is -0.220. The van der Waals surface area contributed by atoms with Gasteiger partial charge in [0, 0.05) is 12.5 Å². The van der Waals surface area contributed by atoms with Gasteiger partial charge in [0.2, 0.25) is 0 Å². The Balaban J connectivity index is 1.65. The van der Waals surface area contributed by atoms with Crippen LogP contribution in [0.25, 0.3) is 0 Å². The first kappa shape index (κ1) is 17.5. The van der Waals surface area contributed by atoms with E-state index in [2.05, 4.69) is 11.2 Å². The normalized spacial score (nSPS) is 13.1. The number of hydrazone groups is 1. The van der Waals surface area contributed by atoms with Gasteiger partial charge in [0.25, 0.3) is 5.91 Å². The highest BCUT2D eigenvalue weighted by molar-refractivity contribution is 6.02. The summed E-state index contributed by atoms with van der Waals surface area (Å²) in [6.07, 6.45) is 0.719. The Kier molecular flexibility index (Phi) is 5.49. The Hall–Kier alpha value is -3.33. The maximum absolute atomic E-state index is 12.4. The van der Waals surface area contributed by atoms with Gasteiger partial charge in [-0.25, -0.2) is 5.01 Å². The third kappa shape index (κ3) is 4.01. The van der Waals surface area contributed by atoms with E-state index in [1.807, 2.05) is 37.3 Å². The number of hydrogen-bond acceptors (Lipinski definition) is 5. The molecule has 6 nitrogen and oxygen atoms in total. The van der Waals surface area contributed by atoms with Crippen LogP contribution in [0.15, 0.2) is 53.6 Å². The molecule has 1 amide bonds. The molecule has 1 heterocycles. The predicted octanol–water partition coefficient (Wildman–Crippen LogP) is 2.97. The molecule has 2 aromatic carbocycles. The molecule has 0 aromatic heterocycles. The van der Waals surface area contributed by atoms with E-state index < -0.39 is 0 Å². The Morgan fingerprint density at radius 2 is 2.00 bits per heavy atom. The van der Waals surface area contributed by atoms with Crippen LogP contribution < -0.4 is 9.47 Å². The SMILES string of the molecule is CCOc1cc(C#N)ccc1OCC(=O)N1CCC(c2ccccc2)=N1. The third-order valence-electron chi connectivity index (χ3n) is 3.92. The minimum absolute atomic E-state index is 0.141. The molecule has 3 rings (SSSR count). The molecule has 0 unspecified atom stereocenters. The quantitative estimate of drug-likeness (QED) is 0.803. The molecule has 0 spiro atoms. The topological polar surface area (TPSA) is 74.9 Å². The van der Waals surface area contributed by atoms with Crippen molar-refractivity contribution < 1.29 is 14.3 Å². The lowest BCUT2D eigenvalue weighted by Crippen LogP contribution is -2.28. The number of nitriles is 1. The lowest BCUT2D eigenvalue weighted by molar-refractivity contribution is -0.132. The van der Waals surface area contributed by atoms with Gasteiger partial charge in [-0.2, -0.15) is 10.4 Å². The summed E-state index contributed by atoms with van der Waals surface area (Å²) in [5.74, 6) is 0.669. The van der Waals surface area contributed by atoms with Gasteiger partial charge in [0.05, 0.1) is 30.5 Å². The summed E-state index contributed by atoms with van der Waals surface area (Å²) in [6.45, 7) is 2.68. The fourth-order valence-corrected chi connectivity index (χ4v) is 2.65. The van der Waals surface area contributed by atoms with E-state index in [0.717, 1.165) is 17.7 Å². The number of carbonyl (C=O) groups excluding carboxylic acids is 1. The fraction of sp³-hybridized carbons (Fsp3) is 0.250. The summed E-state index contributed by atoms with van der Waals surface area (Å²) in [7, 11) is 0. The van der Waals surface area contributed by atoms with Gasteiger partial charge in [0.1, 0.15) is 0 Å². The summed E-state index contributed by atoms with van der Waals surface area (Å²) in [5.41, 5.74) is 2.39. The molecule has 0 aliphatic carbocycles. The highest BCUT2D eigenvalue weighted by Gasteiger charge is 2.22. The molecule has 1 aliphatic heterocycles. The summed E-state index contributed by atoms with van der Waals surface area (Å²) in [4.78, 5) is 12.4. The molecule has 0 saturated heterocycles. The molecule has 1 aliphatic rings. The molecule has 0 bridgehead atoms. The highest BCUT2D eigenvalue weighted by atomic mass is 16.5. The van der Waals surface area contributed by atoms with E-state index in [4.69, 9.17) is 14.7 Å². The van der Waals surface area contributed by atoms with Crippen molar-refractivity contribution in [2.24, 2.45) is 5.10 Å². The fourth-order valence-electron chi connectivity index (χ4n) is 2.65. The van der Waals surface area contributed by atoms with Crippen molar-refractivity contribution in [1.29, 1.82) is 5.26 Å². The number of rotatable bonds is 6. The smallest absolute Gasteiger partial charge is 0.280 e. The van der Waals surface area contributed by atoms with Crippen LogP contribution in [0.4, 0.5) is 0 Å². The molecule has 0 atom stereocenters. The summed E-state index contributed by atoms with van der Waals surface area (Å²) in [5, 5.41) is 14.8. The highest BCUT2D eigenvalue weighted by Crippen LogP contribution is 2.28. The third-order valence-corrected chi connectivity index (χ3v) is 3.92. The largest absolute Gasteiger partial charge is 0.490 e. The number of amides is 1. The van der Waals surface area contributed by atoms with Crippen molar-refractivity contribution in [1.82, 2.24) is 5.01 Å². The zero-order valence-electron chi connectivity index (χ0n) is 14.5. The molecule has 0 N–H and O–H groups in total. The van der Waals surface area contributed by atoms with Crippen molar-refractivity contribution >= 4 is 11.6 Å². The van der Waals surface area contributed by atoms with Crippen LogP contribution >= 0.6 is 0 Å². The Labute approximate surface area is 152 Å². The van der Waals surface area contributed by atoms with E-state index in [0.29, 0.717) is 30.2 Å². The summed E-state index contributed by atoms with van der Waals surface area (Å²) >= 11 is 0. The number of hydrogen-bond donors (Lipinski definition) is 0. The van der Waals surface area contributed by atoms with Crippen molar-refractivity contribution in [3.05, 3.63) is 59.7 Å². The van der Waals surface area contributed by atoms with Crippen LogP contribution in [-0.2, 0) is 4.79 Å². The van der Waals surface area contributed by atoms with Gasteiger partial charge in [-0.3, -0.25) is 4.79 Å². The molecule has 2 aromatic rings. The molecule has 0 fully saturated rings. The average molecular weight is 349 g/mol. The van der Waals surface area contributed by atoms with E-state index in [-0.39, 0.29) is 12.5 Å². The van der Waals surface area contributed by atoms with Gasteiger partial charge in [-0.1, -0.05) is 30.3 Å². The molecule has 132 valence electrons. The van der Waals surface area contributed by atoms with E-state index in [1.54, 1.807) is 18.2 Å². The molecular weight excluding hydrogens is 330 g/mol. The Morgan fingerprint density at radius 1 is 1.19 bits per heavy atom. The Morgan fingerprint density at radius 3 is 2.73 bits per heavy atom. The predicted molar refractivity (Wildman–Crippen MR) is 97.1 cm³/mol. The van der Waals surface area contributed by atoms with E-state index in [9.17, 15) is 4.79 Å². The van der Waals surface area contributed by atoms with Crippen molar-refractivity contribution in [2.45, 2.75) is 13.3 Å². The molecular formula is C20H19N3O3. The van der Waals surface area contributed by atoms with Crippen LogP contribution in [0, 0.1) is 11.3 Å². The first-order valence-electron chi connectivity index (χ1n) is 8.44. The second kappa shape index (κ2) is 8.17. The van der Waals surface area contributed by atoms with E-state index in [1.165, 1.54) is 5.01 Å². The van der Waals surface area contributed by atoms with Gasteiger partial charge >= 0.3 is 0 Å². The second-order valence-corrected chi connectivity index (χ2v) is 5.67. The zero-order chi connectivity index (χ0) is 18.4. The monoisotopic (exact) mass is 349 g/mol. The van der Waals surface area contributed by atoms with Crippen LogP contribution in [-0.4, -0.2) is 36.4 Å². The van der Waals surface area contributed by atoms with Crippen molar-refractivity contribution in [3.63, 3.8) is 0 Å². The van der Waals surface area contributed by atoms with Crippen molar-refractivity contribution in [2.75, 3.05) is 19.8 Å². The number of benzene rings is 2. The number of ether oxygens (including phenoxy) is 2. The minimum Gasteiger partial charge on any atom is -0.490 e. The standard InChI is InChI=1S/C20H19N3O3/c1-2-25-19-12-15(13-21)8-9-18(19)26-14-20(24)23-11-10-17(22-23)16-6-4-3-5-7-16/h3-9,12H,2,10-11,14H2,1H3. The maximum Gasteiger partial charge on any atom is 0.280 e. The Bertz CT molecular complexity index is 856. The van der Waals surface area contributed by atoms with Crippen LogP contribution in [0.2, 0.25) is 0 Å². The summed E-state index contributed by atoms with van der Waals surface area (Å²) in [6, 6.07) is 16.7. The van der Waals surface area contributed by atoms with Gasteiger partial charge in [-0.05, 0) is 24.6 Å². The van der Waals surface area contributed by atoms with Crippen LogP contribution in [0.1, 0.15) is 24.5 Å². The first-order chi connectivity index (χ1) is 12.7. The first-order valence-corrected chi connectivity index (χ1v) is 8.44. The number of carbonyl (C=O) groups is 1. The lowest BCUT2D eigenvalue weighted by Gasteiger charge is -2.14. The maximum atomic E-state index is 12.4. The zero-order valence-corrected chi connectivity index (χ0v) is 14.5. The number of nitrogens with zero attached hydrogens (tertiary/aromatic N) is 3. The summed E-state index contributed by atoms with van der Waals surface area (Å²) < 4.78 is 11.1. The second-order valence-electron chi connectivity index (χ2n) is 5.67. The van der Waals surface area contributed by atoms with E-state index >= 15 is 0 Å². The van der Waals surface area contributed by atoms with Gasteiger partial charge in [0.15, 0.2) is 18.1 Å². The lowest BCUT2D eigenvalue weighted by atomic mass is 10.1. The molecule has 0 radical (unpaired) electrons. The van der Waals surface area contributed by atoms with Crippen LogP contribution in [0.5, 0.6) is 11.5 Å². The van der Waals surface area contributed by atoms with Gasteiger partial charge in [-0.15, -0.1) is 0 Å². The molecule has 0 saturated carbocycles. The van der Waals surface area contributed by atoms with Crippen molar-refractivity contribution in [3.8, 4) is 17.6 Å². The molecule has 6 heteroatoms.